The maximum Gasteiger partial charge on any atom is 0.328 e. The first kappa shape index (κ1) is 12.0. The molecule has 1 heterocycles. The lowest BCUT2D eigenvalue weighted by molar-refractivity contribution is -0.122. The van der Waals surface area contributed by atoms with Crippen molar-refractivity contribution in [1.29, 1.82) is 0 Å². The Labute approximate surface area is 91.3 Å². The molecule has 0 aromatic carbocycles. The van der Waals surface area contributed by atoms with Gasteiger partial charge in [0, 0.05) is 12.2 Å². The molecule has 0 aliphatic heterocycles. The van der Waals surface area contributed by atoms with Crippen molar-refractivity contribution in [3.8, 4) is 0 Å². The zero-order valence-electron chi connectivity index (χ0n) is 9.11. The van der Waals surface area contributed by atoms with Crippen molar-refractivity contribution in [3.05, 3.63) is 27.0 Å². The molecule has 1 aromatic heterocycles. The zero-order chi connectivity index (χ0) is 12.3. The molecule has 0 atom stereocenters. The number of hydrogen-bond acceptors (Lipinski definition) is 4. The van der Waals surface area contributed by atoms with Gasteiger partial charge in [0.15, 0.2) is 0 Å². The van der Waals surface area contributed by atoms with Crippen LogP contribution in [0.3, 0.4) is 0 Å². The van der Waals surface area contributed by atoms with Gasteiger partial charge in [-0.1, -0.05) is 0 Å². The predicted molar refractivity (Wildman–Crippen MR) is 59.0 cm³/mol. The maximum absolute atomic E-state index is 11.4. The SMILES string of the molecule is CC(C)NC(=O)Cn1cc(N)c(=O)[nH]c1=O. The van der Waals surface area contributed by atoms with E-state index >= 15 is 0 Å². The highest BCUT2D eigenvalue weighted by Gasteiger charge is 2.07. The van der Waals surface area contributed by atoms with Crippen LogP contribution in [0.4, 0.5) is 5.69 Å². The minimum atomic E-state index is -0.655. The van der Waals surface area contributed by atoms with E-state index in [1.54, 1.807) is 0 Å². The zero-order valence-corrected chi connectivity index (χ0v) is 9.11. The summed E-state index contributed by atoms with van der Waals surface area (Å²) in [6.45, 7) is 3.45. The molecule has 0 aliphatic carbocycles. The molecule has 0 unspecified atom stereocenters. The minimum absolute atomic E-state index is 0.0108. The molecule has 0 radical (unpaired) electrons. The van der Waals surface area contributed by atoms with Gasteiger partial charge in [0.25, 0.3) is 5.56 Å². The number of rotatable bonds is 3. The number of carbonyl (C=O) groups is 1. The summed E-state index contributed by atoms with van der Waals surface area (Å²) < 4.78 is 1.05. The van der Waals surface area contributed by atoms with Crippen molar-refractivity contribution in [2.45, 2.75) is 26.4 Å². The van der Waals surface area contributed by atoms with Gasteiger partial charge < -0.3 is 11.1 Å². The smallest absolute Gasteiger partial charge is 0.328 e. The van der Waals surface area contributed by atoms with Crippen molar-refractivity contribution in [2.24, 2.45) is 0 Å². The molecule has 0 spiro atoms. The fourth-order valence-electron chi connectivity index (χ4n) is 1.17. The highest BCUT2D eigenvalue weighted by molar-refractivity contribution is 5.75. The number of nitrogens with one attached hydrogen (secondary N) is 2. The third-order valence-corrected chi connectivity index (χ3v) is 1.80. The van der Waals surface area contributed by atoms with Crippen LogP contribution in [0.2, 0.25) is 0 Å². The number of nitrogen functional groups attached to an aromatic ring is 1. The first-order valence-corrected chi connectivity index (χ1v) is 4.78. The van der Waals surface area contributed by atoms with Gasteiger partial charge in [0.1, 0.15) is 12.2 Å². The number of H-pyrrole nitrogens is 1. The van der Waals surface area contributed by atoms with E-state index in [1.165, 1.54) is 0 Å². The van der Waals surface area contributed by atoms with Gasteiger partial charge in [-0.25, -0.2) is 4.79 Å². The van der Waals surface area contributed by atoms with Crippen LogP contribution in [0, 0.1) is 0 Å². The number of aromatic nitrogens is 2. The fraction of sp³-hybridized carbons (Fsp3) is 0.444. The molecule has 4 N–H and O–H groups in total. The number of aromatic amines is 1. The van der Waals surface area contributed by atoms with Crippen molar-refractivity contribution in [1.82, 2.24) is 14.9 Å². The Balaban J connectivity index is 2.90. The summed E-state index contributed by atoms with van der Waals surface area (Å²) >= 11 is 0. The van der Waals surface area contributed by atoms with Gasteiger partial charge in [-0.2, -0.15) is 0 Å². The molecule has 7 nitrogen and oxygen atoms in total. The first-order chi connectivity index (χ1) is 7.40. The molecule has 0 bridgehead atoms. The van der Waals surface area contributed by atoms with Crippen LogP contribution < -0.4 is 22.3 Å². The van der Waals surface area contributed by atoms with Crippen LogP contribution in [0.15, 0.2) is 15.8 Å². The molecule has 0 fully saturated rings. The van der Waals surface area contributed by atoms with Crippen LogP contribution in [-0.4, -0.2) is 21.5 Å². The highest BCUT2D eigenvalue weighted by atomic mass is 16.2. The average molecular weight is 226 g/mol. The lowest BCUT2D eigenvalue weighted by Gasteiger charge is -2.09. The molecule has 1 rings (SSSR count). The molecule has 7 heteroatoms. The summed E-state index contributed by atoms with van der Waals surface area (Å²) in [5, 5.41) is 2.62. The van der Waals surface area contributed by atoms with Gasteiger partial charge in [0.05, 0.1) is 0 Å². The second kappa shape index (κ2) is 4.65. The molecule has 16 heavy (non-hydrogen) atoms. The van der Waals surface area contributed by atoms with Gasteiger partial charge in [-0.15, -0.1) is 0 Å². The van der Waals surface area contributed by atoms with Gasteiger partial charge in [-0.3, -0.25) is 19.1 Å². The Bertz CT molecular complexity index is 500. The van der Waals surface area contributed by atoms with E-state index in [0.29, 0.717) is 0 Å². The standard InChI is InChI=1S/C9H14N4O3/c1-5(2)11-7(14)4-13-3-6(10)8(15)12-9(13)16/h3,5H,4,10H2,1-2H3,(H,11,14)(H,12,15,16). The number of nitrogens with zero attached hydrogens (tertiary/aromatic N) is 1. The largest absolute Gasteiger partial charge is 0.393 e. The van der Waals surface area contributed by atoms with Crippen LogP contribution in [0.1, 0.15) is 13.8 Å². The van der Waals surface area contributed by atoms with E-state index in [-0.39, 0.29) is 24.2 Å². The number of anilines is 1. The quantitative estimate of drug-likeness (QED) is 0.591. The van der Waals surface area contributed by atoms with E-state index in [4.69, 9.17) is 5.73 Å². The summed E-state index contributed by atoms with van der Waals surface area (Å²) in [5.41, 5.74) is 3.93. The Kier molecular flexibility index (Phi) is 3.49. The molecule has 0 saturated heterocycles. The Morgan fingerprint density at radius 3 is 2.75 bits per heavy atom. The van der Waals surface area contributed by atoms with Crippen LogP contribution in [0.5, 0.6) is 0 Å². The van der Waals surface area contributed by atoms with Crippen LogP contribution in [-0.2, 0) is 11.3 Å². The fourth-order valence-corrected chi connectivity index (χ4v) is 1.17. The number of nitrogens with two attached hydrogens (primary N) is 1. The lowest BCUT2D eigenvalue weighted by atomic mass is 10.4. The molecule has 0 saturated carbocycles. The molecule has 1 amide bonds. The summed E-state index contributed by atoms with van der Waals surface area (Å²) in [5.74, 6) is -0.316. The molecule has 88 valence electrons. The van der Waals surface area contributed by atoms with E-state index in [2.05, 4.69) is 5.32 Å². The second-order valence-electron chi connectivity index (χ2n) is 3.69. The Morgan fingerprint density at radius 2 is 2.19 bits per heavy atom. The normalized spacial score (nSPS) is 10.4. The van der Waals surface area contributed by atoms with E-state index in [9.17, 15) is 14.4 Å². The Morgan fingerprint density at radius 1 is 1.56 bits per heavy atom. The van der Waals surface area contributed by atoms with E-state index in [0.717, 1.165) is 10.8 Å². The monoisotopic (exact) mass is 226 g/mol. The summed E-state index contributed by atoms with van der Waals surface area (Å²) in [7, 11) is 0. The summed E-state index contributed by atoms with van der Waals surface area (Å²) in [4.78, 5) is 35.6. The molecular weight excluding hydrogens is 212 g/mol. The third kappa shape index (κ3) is 2.97. The Hall–Kier alpha value is -2.05. The van der Waals surface area contributed by atoms with Gasteiger partial charge in [0.2, 0.25) is 5.91 Å². The van der Waals surface area contributed by atoms with Gasteiger partial charge >= 0.3 is 5.69 Å². The topological polar surface area (TPSA) is 110 Å². The van der Waals surface area contributed by atoms with Crippen LogP contribution in [0.25, 0.3) is 0 Å². The van der Waals surface area contributed by atoms with Gasteiger partial charge in [-0.05, 0) is 13.8 Å². The van der Waals surface area contributed by atoms with Crippen molar-refractivity contribution in [2.75, 3.05) is 5.73 Å². The molecular formula is C9H14N4O3. The van der Waals surface area contributed by atoms with Crippen molar-refractivity contribution in [3.63, 3.8) is 0 Å². The summed E-state index contributed by atoms with van der Waals surface area (Å²) in [6.07, 6.45) is 1.15. The maximum atomic E-state index is 11.4. The molecule has 0 aliphatic rings. The average Bonchev–Trinajstić information content (AvgIpc) is 2.12. The van der Waals surface area contributed by atoms with Crippen molar-refractivity contribution >= 4 is 11.6 Å². The lowest BCUT2D eigenvalue weighted by Crippen LogP contribution is -2.38. The predicted octanol–water partition coefficient (Wildman–Crippen LogP) is -1.36. The third-order valence-electron chi connectivity index (χ3n) is 1.80. The molecule has 1 aromatic rings. The van der Waals surface area contributed by atoms with E-state index in [1.807, 2.05) is 18.8 Å². The van der Waals surface area contributed by atoms with Crippen molar-refractivity contribution < 1.29 is 4.79 Å². The number of amides is 1. The minimum Gasteiger partial charge on any atom is -0.393 e. The number of carbonyl (C=O) groups excluding carboxylic acids is 1. The second-order valence-corrected chi connectivity index (χ2v) is 3.69. The number of hydrogen-bond donors (Lipinski definition) is 3. The summed E-state index contributed by atoms with van der Waals surface area (Å²) in [6, 6.07) is -0.0108. The first-order valence-electron chi connectivity index (χ1n) is 4.78. The van der Waals surface area contributed by atoms with E-state index < -0.39 is 11.2 Å². The highest BCUT2D eigenvalue weighted by Crippen LogP contribution is 1.88. The van der Waals surface area contributed by atoms with Crippen LogP contribution >= 0.6 is 0 Å².